The molecule has 1 atom stereocenters. The van der Waals surface area contributed by atoms with Gasteiger partial charge in [-0.25, -0.2) is 4.98 Å². The van der Waals surface area contributed by atoms with Crippen molar-refractivity contribution in [2.45, 2.75) is 45.2 Å². The Morgan fingerprint density at radius 2 is 2.24 bits per heavy atom. The predicted octanol–water partition coefficient (Wildman–Crippen LogP) is 3.88. The minimum absolute atomic E-state index is 0.784. The summed E-state index contributed by atoms with van der Waals surface area (Å²) in [7, 11) is 0. The van der Waals surface area contributed by atoms with Crippen molar-refractivity contribution in [1.82, 2.24) is 19.6 Å². The van der Waals surface area contributed by atoms with Crippen LogP contribution >= 0.6 is 23.1 Å². The fraction of sp³-hybridized carbons (Fsp3) is 0.533. The topological polar surface area (TPSA) is 43.1 Å². The Labute approximate surface area is 132 Å². The summed E-state index contributed by atoms with van der Waals surface area (Å²) in [4.78, 5) is 7.49. The molecule has 0 N–H and O–H groups in total. The minimum Gasteiger partial charge on any atom is -0.257 e. The molecule has 0 bridgehead atoms. The third kappa shape index (κ3) is 1.99. The van der Waals surface area contributed by atoms with E-state index >= 15 is 0 Å². The third-order valence-electron chi connectivity index (χ3n) is 4.21. The zero-order chi connectivity index (χ0) is 14.6. The molecule has 3 aromatic rings. The molecule has 3 heterocycles. The van der Waals surface area contributed by atoms with Gasteiger partial charge in [0.15, 0.2) is 10.8 Å². The average molecular weight is 318 g/mol. The quantitative estimate of drug-likeness (QED) is 0.672. The molecule has 0 amide bonds. The van der Waals surface area contributed by atoms with Crippen LogP contribution in [-0.2, 0) is 12.8 Å². The summed E-state index contributed by atoms with van der Waals surface area (Å²) in [5.74, 6) is 2.77. The van der Waals surface area contributed by atoms with Crippen LogP contribution in [-0.4, -0.2) is 25.3 Å². The van der Waals surface area contributed by atoms with E-state index < -0.39 is 0 Å². The monoisotopic (exact) mass is 318 g/mol. The Bertz CT molecular complexity index is 833. The van der Waals surface area contributed by atoms with Gasteiger partial charge in [-0.05, 0) is 43.4 Å². The molecule has 4 rings (SSSR count). The van der Waals surface area contributed by atoms with Crippen LogP contribution < -0.4 is 0 Å². The van der Waals surface area contributed by atoms with E-state index in [9.17, 15) is 0 Å². The summed E-state index contributed by atoms with van der Waals surface area (Å²) in [6.07, 6.45) is 3.61. The summed E-state index contributed by atoms with van der Waals surface area (Å²) in [6.45, 7) is 6.53. The second-order valence-corrected chi connectivity index (χ2v) is 8.08. The van der Waals surface area contributed by atoms with Gasteiger partial charge in [0.2, 0.25) is 0 Å². The standard InChI is InChI=1S/C15H18N4S2/c1-4-20-15-18-17-13-12-10-6-5-8(2)7-11(10)21-14(12)16-9(3)19(13)15/h8H,4-7H2,1-3H3/t8-/m1/s1. The zero-order valence-corrected chi connectivity index (χ0v) is 14.1. The van der Waals surface area contributed by atoms with Crippen molar-refractivity contribution >= 4 is 39.0 Å². The van der Waals surface area contributed by atoms with Crippen LogP contribution in [0, 0.1) is 12.8 Å². The summed E-state index contributed by atoms with van der Waals surface area (Å²) < 4.78 is 2.13. The number of aryl methyl sites for hydroxylation is 2. The molecule has 0 aliphatic heterocycles. The van der Waals surface area contributed by atoms with E-state index in [1.807, 2.05) is 11.3 Å². The number of fused-ring (bicyclic) bond motifs is 5. The molecule has 0 saturated carbocycles. The molecule has 110 valence electrons. The highest BCUT2D eigenvalue weighted by Gasteiger charge is 2.24. The Balaban J connectivity index is 2.04. The SMILES string of the molecule is CCSc1nnc2c3c4c(sc3nc(C)n12)C[C@H](C)CC4. The van der Waals surface area contributed by atoms with Crippen LogP contribution in [0.1, 0.15) is 36.5 Å². The lowest BCUT2D eigenvalue weighted by molar-refractivity contribution is 0.509. The maximum absolute atomic E-state index is 4.84. The molecule has 0 saturated heterocycles. The molecule has 0 aromatic carbocycles. The van der Waals surface area contributed by atoms with Gasteiger partial charge in [-0.1, -0.05) is 25.6 Å². The van der Waals surface area contributed by atoms with Gasteiger partial charge >= 0.3 is 0 Å². The van der Waals surface area contributed by atoms with Crippen molar-refractivity contribution in [3.05, 3.63) is 16.3 Å². The number of thiophene rings is 1. The van der Waals surface area contributed by atoms with E-state index in [1.54, 1.807) is 11.8 Å². The highest BCUT2D eigenvalue weighted by Crippen LogP contribution is 2.39. The first-order valence-corrected chi connectivity index (χ1v) is 9.28. The van der Waals surface area contributed by atoms with Crippen molar-refractivity contribution in [2.24, 2.45) is 5.92 Å². The van der Waals surface area contributed by atoms with E-state index in [0.29, 0.717) is 0 Å². The van der Waals surface area contributed by atoms with Gasteiger partial charge in [0.05, 0.1) is 5.39 Å². The summed E-state index contributed by atoms with van der Waals surface area (Å²) in [5.41, 5.74) is 2.48. The Morgan fingerprint density at radius 3 is 3.05 bits per heavy atom. The van der Waals surface area contributed by atoms with Crippen molar-refractivity contribution in [2.75, 3.05) is 5.75 Å². The average Bonchev–Trinajstić information content (AvgIpc) is 3.00. The molecule has 3 aromatic heterocycles. The van der Waals surface area contributed by atoms with Crippen LogP contribution in [0.2, 0.25) is 0 Å². The lowest BCUT2D eigenvalue weighted by Gasteiger charge is -2.17. The second kappa shape index (κ2) is 4.95. The molecule has 0 unspecified atom stereocenters. The summed E-state index contributed by atoms with van der Waals surface area (Å²) >= 11 is 3.58. The fourth-order valence-corrected chi connectivity index (χ4v) is 5.32. The van der Waals surface area contributed by atoms with E-state index in [1.165, 1.54) is 28.7 Å². The molecule has 1 aliphatic rings. The lowest BCUT2D eigenvalue weighted by Crippen LogP contribution is -2.08. The minimum atomic E-state index is 0.784. The van der Waals surface area contributed by atoms with Crippen molar-refractivity contribution in [3.8, 4) is 0 Å². The lowest BCUT2D eigenvalue weighted by atomic mass is 9.89. The number of aromatic nitrogens is 4. The van der Waals surface area contributed by atoms with Crippen LogP contribution in [0.25, 0.3) is 15.9 Å². The summed E-state index contributed by atoms with van der Waals surface area (Å²) in [5, 5.41) is 11.1. The Kier molecular flexibility index (Phi) is 3.19. The number of hydrogen-bond acceptors (Lipinski definition) is 5. The van der Waals surface area contributed by atoms with E-state index in [2.05, 4.69) is 35.4 Å². The largest absolute Gasteiger partial charge is 0.257 e. The number of nitrogens with zero attached hydrogens (tertiary/aromatic N) is 4. The van der Waals surface area contributed by atoms with Crippen molar-refractivity contribution in [1.29, 1.82) is 0 Å². The van der Waals surface area contributed by atoms with E-state index in [4.69, 9.17) is 4.98 Å². The second-order valence-electron chi connectivity index (χ2n) is 5.77. The Hall–Kier alpha value is -1.14. The van der Waals surface area contributed by atoms with E-state index in [-0.39, 0.29) is 0 Å². The maximum Gasteiger partial charge on any atom is 0.197 e. The molecule has 4 nitrogen and oxygen atoms in total. The normalized spacial score (nSPS) is 18.5. The van der Waals surface area contributed by atoms with Gasteiger partial charge in [-0.3, -0.25) is 4.40 Å². The molecule has 21 heavy (non-hydrogen) atoms. The van der Waals surface area contributed by atoms with Gasteiger partial charge in [0.1, 0.15) is 10.7 Å². The van der Waals surface area contributed by atoms with Gasteiger partial charge in [-0.2, -0.15) is 0 Å². The summed E-state index contributed by atoms with van der Waals surface area (Å²) in [6, 6.07) is 0. The van der Waals surface area contributed by atoms with Crippen LogP contribution in [0.4, 0.5) is 0 Å². The molecule has 0 radical (unpaired) electrons. The highest BCUT2D eigenvalue weighted by molar-refractivity contribution is 7.99. The molecule has 6 heteroatoms. The first-order valence-electron chi connectivity index (χ1n) is 7.47. The predicted molar refractivity (Wildman–Crippen MR) is 88.5 cm³/mol. The number of thioether (sulfide) groups is 1. The van der Waals surface area contributed by atoms with Gasteiger partial charge in [0, 0.05) is 4.88 Å². The van der Waals surface area contributed by atoms with Crippen molar-refractivity contribution < 1.29 is 0 Å². The van der Waals surface area contributed by atoms with Gasteiger partial charge < -0.3 is 0 Å². The zero-order valence-electron chi connectivity index (χ0n) is 12.5. The first kappa shape index (κ1) is 13.5. The Morgan fingerprint density at radius 1 is 1.38 bits per heavy atom. The van der Waals surface area contributed by atoms with Gasteiger partial charge in [0.25, 0.3) is 0 Å². The molecule has 1 aliphatic carbocycles. The smallest absolute Gasteiger partial charge is 0.197 e. The first-order chi connectivity index (χ1) is 10.2. The molecular formula is C15H18N4S2. The number of hydrogen-bond donors (Lipinski definition) is 0. The van der Waals surface area contributed by atoms with E-state index in [0.717, 1.165) is 39.5 Å². The third-order valence-corrected chi connectivity index (χ3v) is 6.17. The number of rotatable bonds is 2. The van der Waals surface area contributed by atoms with Crippen LogP contribution in [0.15, 0.2) is 5.16 Å². The van der Waals surface area contributed by atoms with Crippen LogP contribution in [0.3, 0.4) is 0 Å². The van der Waals surface area contributed by atoms with Crippen molar-refractivity contribution in [3.63, 3.8) is 0 Å². The molecule has 0 fully saturated rings. The van der Waals surface area contributed by atoms with Gasteiger partial charge in [-0.15, -0.1) is 21.5 Å². The maximum atomic E-state index is 4.84. The molecule has 0 spiro atoms. The van der Waals surface area contributed by atoms with Crippen LogP contribution in [0.5, 0.6) is 0 Å². The molecular weight excluding hydrogens is 300 g/mol. The fourth-order valence-electron chi connectivity index (χ4n) is 3.19. The highest BCUT2D eigenvalue weighted by atomic mass is 32.2.